The lowest BCUT2D eigenvalue weighted by molar-refractivity contribution is 0.102. The fourth-order valence-corrected chi connectivity index (χ4v) is 3.28. The van der Waals surface area contributed by atoms with E-state index in [9.17, 15) is 4.79 Å². The molecule has 3 heteroatoms. The molecule has 0 N–H and O–H groups in total. The molecular formula is C19H24N2O. The first kappa shape index (κ1) is 15.0. The lowest BCUT2D eigenvalue weighted by Crippen LogP contribution is -2.40. The second-order valence-corrected chi connectivity index (χ2v) is 6.19. The van der Waals surface area contributed by atoms with E-state index in [0.717, 1.165) is 17.8 Å². The highest BCUT2D eigenvalue weighted by Gasteiger charge is 2.19. The Balaban J connectivity index is 1.73. The molecular weight excluding hydrogens is 272 g/mol. The summed E-state index contributed by atoms with van der Waals surface area (Å²) in [6.07, 6.45) is 5.97. The van der Waals surface area contributed by atoms with Crippen LogP contribution in [0.3, 0.4) is 0 Å². The Kier molecular flexibility index (Phi) is 4.74. The molecule has 0 saturated carbocycles. The van der Waals surface area contributed by atoms with Gasteiger partial charge < -0.3 is 4.57 Å². The molecule has 1 saturated heterocycles. The number of ketones is 1. The summed E-state index contributed by atoms with van der Waals surface area (Å²) in [4.78, 5) is 15.2. The van der Waals surface area contributed by atoms with Gasteiger partial charge in [-0.15, -0.1) is 0 Å². The molecule has 0 radical (unpaired) electrons. The van der Waals surface area contributed by atoms with Crippen LogP contribution < -0.4 is 0 Å². The van der Waals surface area contributed by atoms with E-state index in [1.807, 2.05) is 48.7 Å². The highest BCUT2D eigenvalue weighted by molar-refractivity contribution is 6.07. The minimum atomic E-state index is 0.108. The number of hydrogen-bond acceptors (Lipinski definition) is 2. The van der Waals surface area contributed by atoms with Crippen LogP contribution in [0.5, 0.6) is 0 Å². The molecule has 0 aliphatic carbocycles. The summed E-state index contributed by atoms with van der Waals surface area (Å²) in [7, 11) is 0. The van der Waals surface area contributed by atoms with Crippen molar-refractivity contribution in [2.24, 2.45) is 0 Å². The van der Waals surface area contributed by atoms with E-state index in [2.05, 4.69) is 16.4 Å². The number of nitrogens with zero attached hydrogens (tertiary/aromatic N) is 2. The van der Waals surface area contributed by atoms with Crippen molar-refractivity contribution in [3.63, 3.8) is 0 Å². The van der Waals surface area contributed by atoms with Crippen molar-refractivity contribution in [1.29, 1.82) is 0 Å². The van der Waals surface area contributed by atoms with Gasteiger partial charge in [0.05, 0.1) is 5.69 Å². The van der Waals surface area contributed by atoms with Gasteiger partial charge in [-0.3, -0.25) is 9.69 Å². The maximum Gasteiger partial charge on any atom is 0.209 e. The van der Waals surface area contributed by atoms with Crippen LogP contribution in [0, 0.1) is 0 Å². The summed E-state index contributed by atoms with van der Waals surface area (Å²) < 4.78 is 2.11. The number of carbonyl (C=O) groups excluding carboxylic acids is 1. The average Bonchev–Trinajstić information content (AvgIpc) is 3.04. The van der Waals surface area contributed by atoms with Crippen molar-refractivity contribution in [3.8, 4) is 0 Å². The molecule has 3 rings (SSSR count). The smallest absolute Gasteiger partial charge is 0.209 e. The summed E-state index contributed by atoms with van der Waals surface area (Å²) in [5.74, 6) is 0.108. The SMILES string of the molecule is CC(Cn1cccc1C(=O)c1ccccc1)N1CCCCC1. The number of likely N-dealkylation sites (tertiary alicyclic amines) is 1. The predicted octanol–water partition coefficient (Wildman–Crippen LogP) is 3.59. The quantitative estimate of drug-likeness (QED) is 0.788. The highest BCUT2D eigenvalue weighted by Crippen LogP contribution is 2.16. The molecule has 0 spiro atoms. The predicted molar refractivity (Wildman–Crippen MR) is 89.2 cm³/mol. The summed E-state index contributed by atoms with van der Waals surface area (Å²) in [6.45, 7) is 5.51. The van der Waals surface area contributed by atoms with Gasteiger partial charge in [-0.2, -0.15) is 0 Å². The van der Waals surface area contributed by atoms with Gasteiger partial charge >= 0.3 is 0 Å². The van der Waals surface area contributed by atoms with Crippen LogP contribution in [0.4, 0.5) is 0 Å². The minimum Gasteiger partial charge on any atom is -0.343 e. The number of aromatic nitrogens is 1. The molecule has 22 heavy (non-hydrogen) atoms. The molecule has 1 aromatic heterocycles. The van der Waals surface area contributed by atoms with Crippen molar-refractivity contribution in [3.05, 3.63) is 59.9 Å². The standard InChI is InChI=1S/C19H24N2O/c1-16(20-12-6-3-7-13-20)15-21-14-8-11-18(21)19(22)17-9-4-2-5-10-17/h2,4-5,8-11,14,16H,3,6-7,12-13,15H2,1H3. The Bertz CT molecular complexity index is 611. The summed E-state index contributed by atoms with van der Waals surface area (Å²) in [6, 6.07) is 13.9. The number of rotatable bonds is 5. The molecule has 3 nitrogen and oxygen atoms in total. The van der Waals surface area contributed by atoms with Crippen LogP contribution in [0.2, 0.25) is 0 Å². The van der Waals surface area contributed by atoms with Gasteiger partial charge in [0.25, 0.3) is 0 Å². The maximum absolute atomic E-state index is 12.7. The zero-order valence-electron chi connectivity index (χ0n) is 13.2. The minimum absolute atomic E-state index is 0.108. The largest absolute Gasteiger partial charge is 0.343 e. The molecule has 1 atom stereocenters. The van der Waals surface area contributed by atoms with E-state index < -0.39 is 0 Å². The third-order valence-corrected chi connectivity index (χ3v) is 4.57. The zero-order chi connectivity index (χ0) is 15.4. The monoisotopic (exact) mass is 296 g/mol. The molecule has 0 amide bonds. The second kappa shape index (κ2) is 6.93. The van der Waals surface area contributed by atoms with Crippen LogP contribution in [0.25, 0.3) is 0 Å². The Hall–Kier alpha value is -1.87. The second-order valence-electron chi connectivity index (χ2n) is 6.19. The van der Waals surface area contributed by atoms with Gasteiger partial charge in [-0.25, -0.2) is 0 Å². The number of benzene rings is 1. The lowest BCUT2D eigenvalue weighted by atomic mass is 10.1. The zero-order valence-corrected chi connectivity index (χ0v) is 13.2. The van der Waals surface area contributed by atoms with Gasteiger partial charge in [0, 0.05) is 24.3 Å². The molecule has 2 heterocycles. The highest BCUT2D eigenvalue weighted by atomic mass is 16.1. The first-order valence-electron chi connectivity index (χ1n) is 8.24. The molecule has 116 valence electrons. The third kappa shape index (κ3) is 3.30. The van der Waals surface area contributed by atoms with E-state index in [1.165, 1.54) is 32.4 Å². The Morgan fingerprint density at radius 2 is 1.77 bits per heavy atom. The molecule has 1 aliphatic heterocycles. The van der Waals surface area contributed by atoms with Crippen LogP contribution in [0.15, 0.2) is 48.7 Å². The Morgan fingerprint density at radius 1 is 1.05 bits per heavy atom. The topological polar surface area (TPSA) is 25.2 Å². The Morgan fingerprint density at radius 3 is 2.50 bits per heavy atom. The van der Waals surface area contributed by atoms with Crippen molar-refractivity contribution >= 4 is 5.78 Å². The van der Waals surface area contributed by atoms with Gasteiger partial charge in [-0.05, 0) is 45.0 Å². The maximum atomic E-state index is 12.7. The fraction of sp³-hybridized carbons (Fsp3) is 0.421. The van der Waals surface area contributed by atoms with Crippen molar-refractivity contribution in [2.45, 2.75) is 38.8 Å². The molecule has 2 aromatic rings. The first-order chi connectivity index (χ1) is 10.8. The van der Waals surface area contributed by atoms with E-state index in [1.54, 1.807) is 0 Å². The average molecular weight is 296 g/mol. The van der Waals surface area contributed by atoms with E-state index in [-0.39, 0.29) is 5.78 Å². The van der Waals surface area contributed by atoms with Gasteiger partial charge in [0.2, 0.25) is 5.78 Å². The van der Waals surface area contributed by atoms with Crippen LogP contribution in [-0.2, 0) is 6.54 Å². The van der Waals surface area contributed by atoms with E-state index >= 15 is 0 Å². The van der Waals surface area contributed by atoms with Crippen LogP contribution >= 0.6 is 0 Å². The Labute approximate surface area is 132 Å². The molecule has 1 unspecified atom stereocenters. The fourth-order valence-electron chi connectivity index (χ4n) is 3.28. The molecule has 1 aromatic carbocycles. The van der Waals surface area contributed by atoms with Crippen LogP contribution in [0.1, 0.15) is 42.2 Å². The molecule has 1 fully saturated rings. The molecule has 1 aliphatic rings. The third-order valence-electron chi connectivity index (χ3n) is 4.57. The van der Waals surface area contributed by atoms with Gasteiger partial charge in [0.15, 0.2) is 0 Å². The van der Waals surface area contributed by atoms with Crippen molar-refractivity contribution in [2.75, 3.05) is 13.1 Å². The van der Waals surface area contributed by atoms with E-state index in [0.29, 0.717) is 6.04 Å². The van der Waals surface area contributed by atoms with Crippen LogP contribution in [-0.4, -0.2) is 34.4 Å². The summed E-state index contributed by atoms with van der Waals surface area (Å²) in [5, 5.41) is 0. The van der Waals surface area contributed by atoms with Gasteiger partial charge in [-0.1, -0.05) is 36.8 Å². The number of carbonyl (C=O) groups is 1. The first-order valence-corrected chi connectivity index (χ1v) is 8.24. The lowest BCUT2D eigenvalue weighted by Gasteiger charge is -2.32. The van der Waals surface area contributed by atoms with E-state index in [4.69, 9.17) is 0 Å². The normalized spacial score (nSPS) is 17.3. The number of piperidine rings is 1. The van der Waals surface area contributed by atoms with Crippen molar-refractivity contribution in [1.82, 2.24) is 9.47 Å². The molecule has 0 bridgehead atoms. The summed E-state index contributed by atoms with van der Waals surface area (Å²) >= 11 is 0. The summed E-state index contributed by atoms with van der Waals surface area (Å²) in [5.41, 5.74) is 1.54. The van der Waals surface area contributed by atoms with Gasteiger partial charge in [0.1, 0.15) is 0 Å². The number of hydrogen-bond donors (Lipinski definition) is 0. The van der Waals surface area contributed by atoms with Crippen molar-refractivity contribution < 1.29 is 4.79 Å².